The molecule has 98 valence electrons. The van der Waals surface area contributed by atoms with Crippen molar-refractivity contribution in [2.24, 2.45) is 0 Å². The van der Waals surface area contributed by atoms with E-state index >= 15 is 0 Å². The molecular formula is C14H19NO2S. The second kappa shape index (κ2) is 4.52. The molecule has 0 aliphatic heterocycles. The average molecular weight is 265 g/mol. The summed E-state index contributed by atoms with van der Waals surface area (Å²) in [6.45, 7) is 5.55. The molecule has 18 heavy (non-hydrogen) atoms. The summed E-state index contributed by atoms with van der Waals surface area (Å²) in [7, 11) is -3.37. The quantitative estimate of drug-likeness (QED) is 0.893. The Balaban J connectivity index is 2.34. The molecule has 0 spiro atoms. The lowest BCUT2D eigenvalue weighted by Crippen LogP contribution is -2.41. The number of benzene rings is 1. The molecule has 0 amide bonds. The van der Waals surface area contributed by atoms with Gasteiger partial charge in [0.05, 0.1) is 4.91 Å². The van der Waals surface area contributed by atoms with Crippen LogP contribution >= 0.6 is 0 Å². The van der Waals surface area contributed by atoms with Gasteiger partial charge in [-0.2, -0.15) is 0 Å². The Morgan fingerprint density at radius 1 is 1.11 bits per heavy atom. The van der Waals surface area contributed by atoms with Crippen LogP contribution in [0.4, 0.5) is 0 Å². The third kappa shape index (κ3) is 3.00. The molecule has 0 fully saturated rings. The van der Waals surface area contributed by atoms with Gasteiger partial charge in [-0.1, -0.05) is 24.3 Å². The molecule has 1 aliphatic rings. The van der Waals surface area contributed by atoms with Gasteiger partial charge in [0.2, 0.25) is 10.0 Å². The van der Waals surface area contributed by atoms with Crippen LogP contribution in [-0.4, -0.2) is 14.0 Å². The first-order valence-electron chi connectivity index (χ1n) is 6.10. The van der Waals surface area contributed by atoms with Gasteiger partial charge < -0.3 is 0 Å². The highest BCUT2D eigenvalue weighted by Crippen LogP contribution is 2.27. The number of aryl methyl sites for hydroxylation is 1. The first-order chi connectivity index (χ1) is 8.28. The van der Waals surface area contributed by atoms with Crippen LogP contribution < -0.4 is 4.72 Å². The highest BCUT2D eigenvalue weighted by Gasteiger charge is 2.25. The van der Waals surface area contributed by atoms with Crippen molar-refractivity contribution in [2.75, 3.05) is 0 Å². The number of hydrogen-bond acceptors (Lipinski definition) is 2. The zero-order valence-corrected chi connectivity index (χ0v) is 11.8. The average Bonchev–Trinajstić information content (AvgIpc) is 2.25. The zero-order valence-electron chi connectivity index (χ0n) is 11.0. The number of rotatable bonds is 2. The van der Waals surface area contributed by atoms with Gasteiger partial charge in [0, 0.05) is 5.54 Å². The van der Waals surface area contributed by atoms with E-state index in [1.54, 1.807) is 6.08 Å². The number of allylic oxidation sites excluding steroid dienone is 1. The summed E-state index contributed by atoms with van der Waals surface area (Å²) in [6.07, 6.45) is 3.14. The van der Waals surface area contributed by atoms with E-state index in [9.17, 15) is 8.42 Å². The van der Waals surface area contributed by atoms with Gasteiger partial charge in [0.1, 0.15) is 0 Å². The number of nitrogens with one attached hydrogen (secondary N) is 1. The third-order valence-electron chi connectivity index (χ3n) is 2.80. The summed E-state index contributed by atoms with van der Waals surface area (Å²) >= 11 is 0. The van der Waals surface area contributed by atoms with Gasteiger partial charge in [-0.3, -0.25) is 0 Å². The van der Waals surface area contributed by atoms with E-state index in [0.717, 1.165) is 12.0 Å². The summed E-state index contributed by atoms with van der Waals surface area (Å²) in [6, 6.07) is 7.93. The molecule has 1 aliphatic carbocycles. The second-order valence-electron chi connectivity index (χ2n) is 5.66. The molecule has 0 saturated carbocycles. The van der Waals surface area contributed by atoms with Gasteiger partial charge in [0.25, 0.3) is 0 Å². The van der Waals surface area contributed by atoms with E-state index in [2.05, 4.69) is 4.72 Å². The van der Waals surface area contributed by atoms with Crippen molar-refractivity contribution in [3.8, 4) is 0 Å². The Morgan fingerprint density at radius 3 is 2.44 bits per heavy atom. The van der Waals surface area contributed by atoms with Crippen molar-refractivity contribution < 1.29 is 8.42 Å². The minimum atomic E-state index is -3.37. The zero-order chi connectivity index (χ0) is 13.4. The summed E-state index contributed by atoms with van der Waals surface area (Å²) < 4.78 is 27.2. The first kappa shape index (κ1) is 13.3. The lowest BCUT2D eigenvalue weighted by Gasteiger charge is -2.23. The normalized spacial score (nSPS) is 16.1. The van der Waals surface area contributed by atoms with Crippen molar-refractivity contribution in [1.29, 1.82) is 0 Å². The standard InChI is InChI=1S/C14H19NO2S/c1-14(2,3)15-18(16,17)13-9-8-11-6-4-5-7-12(11)10-13/h4-7,10,15H,8-9H2,1-3H3. The van der Waals surface area contributed by atoms with Crippen LogP contribution in [-0.2, 0) is 16.4 Å². The molecule has 0 atom stereocenters. The van der Waals surface area contributed by atoms with Gasteiger partial charge in [0.15, 0.2) is 0 Å². The van der Waals surface area contributed by atoms with E-state index in [1.165, 1.54) is 5.56 Å². The van der Waals surface area contributed by atoms with Crippen LogP contribution in [0.2, 0.25) is 0 Å². The van der Waals surface area contributed by atoms with E-state index < -0.39 is 15.6 Å². The minimum Gasteiger partial charge on any atom is -0.207 e. The minimum absolute atomic E-state index is 0.448. The SMILES string of the molecule is CC(C)(C)NS(=O)(=O)C1=Cc2ccccc2CC1. The molecule has 0 unspecified atom stereocenters. The van der Waals surface area contributed by atoms with Gasteiger partial charge in [-0.15, -0.1) is 0 Å². The van der Waals surface area contributed by atoms with Crippen molar-refractivity contribution in [3.05, 3.63) is 40.3 Å². The lowest BCUT2D eigenvalue weighted by atomic mass is 9.98. The summed E-state index contributed by atoms with van der Waals surface area (Å²) in [4.78, 5) is 0.483. The molecule has 4 heteroatoms. The van der Waals surface area contributed by atoms with Crippen LogP contribution in [0.1, 0.15) is 38.3 Å². The summed E-state index contributed by atoms with van der Waals surface area (Å²) in [5.74, 6) is 0. The van der Waals surface area contributed by atoms with Crippen LogP contribution in [0.25, 0.3) is 6.08 Å². The predicted octanol–water partition coefficient (Wildman–Crippen LogP) is 2.69. The Kier molecular flexibility index (Phi) is 3.34. The topological polar surface area (TPSA) is 46.2 Å². The molecule has 0 bridgehead atoms. The van der Waals surface area contributed by atoms with E-state index in [4.69, 9.17) is 0 Å². The molecule has 1 aromatic carbocycles. The fraction of sp³-hybridized carbons (Fsp3) is 0.429. The fourth-order valence-corrected chi connectivity index (χ4v) is 3.68. The molecule has 1 N–H and O–H groups in total. The van der Waals surface area contributed by atoms with Crippen molar-refractivity contribution in [1.82, 2.24) is 4.72 Å². The smallest absolute Gasteiger partial charge is 0.207 e. The van der Waals surface area contributed by atoms with E-state index in [0.29, 0.717) is 11.3 Å². The predicted molar refractivity (Wildman–Crippen MR) is 74.5 cm³/mol. The van der Waals surface area contributed by atoms with Gasteiger partial charge in [-0.25, -0.2) is 13.1 Å². The molecule has 1 aromatic rings. The summed E-state index contributed by atoms with van der Waals surface area (Å²) in [5, 5.41) is 0. The highest BCUT2D eigenvalue weighted by atomic mass is 32.2. The third-order valence-corrected chi connectivity index (χ3v) is 4.69. The molecule has 0 aromatic heterocycles. The number of hydrogen-bond donors (Lipinski definition) is 1. The Morgan fingerprint density at radius 2 is 1.78 bits per heavy atom. The molecule has 0 radical (unpaired) electrons. The highest BCUT2D eigenvalue weighted by molar-refractivity contribution is 7.93. The van der Waals surface area contributed by atoms with E-state index in [1.807, 2.05) is 45.0 Å². The van der Waals surface area contributed by atoms with Crippen molar-refractivity contribution >= 4 is 16.1 Å². The van der Waals surface area contributed by atoms with Crippen molar-refractivity contribution in [2.45, 2.75) is 39.2 Å². The maximum Gasteiger partial charge on any atom is 0.237 e. The van der Waals surface area contributed by atoms with Crippen molar-refractivity contribution in [3.63, 3.8) is 0 Å². The molecular weight excluding hydrogens is 246 g/mol. The molecule has 0 saturated heterocycles. The molecule has 2 rings (SSSR count). The van der Waals surface area contributed by atoms with Crippen LogP contribution in [0.5, 0.6) is 0 Å². The van der Waals surface area contributed by atoms with Crippen LogP contribution in [0.15, 0.2) is 29.2 Å². The number of fused-ring (bicyclic) bond motifs is 1. The second-order valence-corrected chi connectivity index (χ2v) is 7.40. The molecule has 0 heterocycles. The molecule has 3 nitrogen and oxygen atoms in total. The Bertz CT molecular complexity index is 580. The van der Waals surface area contributed by atoms with Crippen LogP contribution in [0.3, 0.4) is 0 Å². The van der Waals surface area contributed by atoms with Gasteiger partial charge in [-0.05, 0) is 50.8 Å². The lowest BCUT2D eigenvalue weighted by molar-refractivity contribution is 0.494. The largest absolute Gasteiger partial charge is 0.237 e. The fourth-order valence-electron chi connectivity index (χ4n) is 2.09. The maximum absolute atomic E-state index is 12.2. The maximum atomic E-state index is 12.2. The Labute approximate surface area is 109 Å². The Hall–Kier alpha value is -1.13. The van der Waals surface area contributed by atoms with Crippen LogP contribution in [0, 0.1) is 0 Å². The summed E-state index contributed by atoms with van der Waals surface area (Å²) in [5.41, 5.74) is 1.78. The monoisotopic (exact) mass is 265 g/mol. The first-order valence-corrected chi connectivity index (χ1v) is 7.59. The van der Waals surface area contributed by atoms with Gasteiger partial charge >= 0.3 is 0 Å². The van der Waals surface area contributed by atoms with E-state index in [-0.39, 0.29) is 0 Å². The number of sulfonamides is 1.